The van der Waals surface area contributed by atoms with Crippen LogP contribution in [0.5, 0.6) is 0 Å². The Balaban J connectivity index is 1.59. The molecule has 4 nitrogen and oxygen atoms in total. The van der Waals surface area contributed by atoms with Crippen LogP contribution < -0.4 is 5.32 Å². The van der Waals surface area contributed by atoms with Crippen LogP contribution in [-0.2, 0) is 6.42 Å². The zero-order chi connectivity index (χ0) is 22.4. The van der Waals surface area contributed by atoms with Gasteiger partial charge in [0, 0.05) is 33.9 Å². The Hall–Kier alpha value is -3.24. The maximum Gasteiger partial charge on any atom is 0.322 e. The Labute approximate surface area is 193 Å². The van der Waals surface area contributed by atoms with Gasteiger partial charge < -0.3 is 15.2 Å². The minimum atomic E-state index is -0.198. The lowest BCUT2D eigenvalue weighted by Crippen LogP contribution is -2.43. The van der Waals surface area contributed by atoms with Crippen LogP contribution in [0.4, 0.5) is 10.5 Å². The number of anilines is 1. The average molecular weight is 444 g/mol. The van der Waals surface area contributed by atoms with Gasteiger partial charge in [-0.2, -0.15) is 0 Å². The summed E-state index contributed by atoms with van der Waals surface area (Å²) in [5.41, 5.74) is 8.74. The monoisotopic (exact) mass is 443 g/mol. The summed E-state index contributed by atoms with van der Waals surface area (Å²) in [6, 6.07) is 20.1. The summed E-state index contributed by atoms with van der Waals surface area (Å²) in [6.07, 6.45) is 0.776. The smallest absolute Gasteiger partial charge is 0.322 e. The number of aryl methyl sites for hydroxylation is 2. The fourth-order valence-electron chi connectivity index (χ4n) is 4.65. The average Bonchev–Trinajstić information content (AvgIpc) is 3.15. The number of hydrogen-bond acceptors (Lipinski definition) is 1. The van der Waals surface area contributed by atoms with Crippen LogP contribution in [0.1, 0.15) is 39.6 Å². The fraction of sp³-hybridized carbons (Fsp3) is 0.222. The Morgan fingerprint density at radius 2 is 1.84 bits per heavy atom. The normalized spacial score (nSPS) is 15.6. The number of hydrogen-bond donors (Lipinski definition) is 2. The lowest BCUT2D eigenvalue weighted by Gasteiger charge is -2.36. The molecule has 32 heavy (non-hydrogen) atoms. The van der Waals surface area contributed by atoms with Crippen LogP contribution in [0.25, 0.3) is 10.9 Å². The molecule has 4 aromatic rings. The third-order valence-corrected chi connectivity index (χ3v) is 6.82. The molecular weight excluding hydrogens is 418 g/mol. The summed E-state index contributed by atoms with van der Waals surface area (Å²) < 4.78 is 0. The predicted molar refractivity (Wildman–Crippen MR) is 132 cm³/mol. The van der Waals surface area contributed by atoms with Gasteiger partial charge in [0.25, 0.3) is 0 Å². The van der Waals surface area contributed by atoms with E-state index in [1.165, 1.54) is 11.1 Å². The molecule has 0 saturated carbocycles. The van der Waals surface area contributed by atoms with Crippen molar-refractivity contribution < 1.29 is 4.79 Å². The van der Waals surface area contributed by atoms with Gasteiger partial charge in [-0.25, -0.2) is 4.79 Å². The summed E-state index contributed by atoms with van der Waals surface area (Å²) in [6.45, 7) is 6.80. The van der Waals surface area contributed by atoms with E-state index in [1.807, 2.05) is 42.2 Å². The molecule has 162 valence electrons. The second-order valence-electron chi connectivity index (χ2n) is 8.64. The molecule has 2 heterocycles. The number of carbonyl (C=O) groups excluding carboxylic acids is 1. The van der Waals surface area contributed by atoms with Gasteiger partial charge in [-0.1, -0.05) is 53.6 Å². The molecular formula is C27H26ClN3O. The number of aromatic amines is 1. The topological polar surface area (TPSA) is 48.1 Å². The van der Waals surface area contributed by atoms with Gasteiger partial charge in [0.05, 0.1) is 6.04 Å². The number of amides is 2. The summed E-state index contributed by atoms with van der Waals surface area (Å²) in [7, 11) is 0. The maximum atomic E-state index is 13.5. The quantitative estimate of drug-likeness (QED) is 0.347. The lowest BCUT2D eigenvalue weighted by atomic mass is 9.92. The van der Waals surface area contributed by atoms with E-state index < -0.39 is 0 Å². The van der Waals surface area contributed by atoms with E-state index in [1.54, 1.807) is 0 Å². The SMILES string of the molecule is Cc1ccc(C2c3[nH]c4ccc(Cl)cc4c3CCN2C(=O)Nc2cccc(C)c2C)cc1. The van der Waals surface area contributed by atoms with Crippen LogP contribution >= 0.6 is 11.6 Å². The molecule has 0 fully saturated rings. The molecule has 3 aromatic carbocycles. The number of benzene rings is 3. The van der Waals surface area contributed by atoms with E-state index >= 15 is 0 Å². The summed E-state index contributed by atoms with van der Waals surface area (Å²) in [4.78, 5) is 19.1. The van der Waals surface area contributed by atoms with Gasteiger partial charge in [0.1, 0.15) is 0 Å². The molecule has 2 N–H and O–H groups in total. The van der Waals surface area contributed by atoms with Gasteiger partial charge >= 0.3 is 6.03 Å². The molecule has 5 heteroatoms. The second-order valence-corrected chi connectivity index (χ2v) is 9.08. The molecule has 1 aliphatic rings. The summed E-state index contributed by atoms with van der Waals surface area (Å²) in [5, 5.41) is 5.02. The first kappa shape index (κ1) is 20.7. The largest absolute Gasteiger partial charge is 0.356 e. The van der Waals surface area contributed by atoms with Gasteiger partial charge in [0.15, 0.2) is 0 Å². The first-order valence-corrected chi connectivity index (χ1v) is 11.3. The van der Waals surface area contributed by atoms with Crippen molar-refractivity contribution in [2.45, 2.75) is 33.2 Å². The van der Waals surface area contributed by atoms with Crippen molar-refractivity contribution in [3.8, 4) is 0 Å². The van der Waals surface area contributed by atoms with E-state index in [0.717, 1.165) is 50.4 Å². The molecule has 2 amide bonds. The molecule has 0 bridgehead atoms. The van der Waals surface area contributed by atoms with Crippen molar-refractivity contribution in [3.05, 3.63) is 99.2 Å². The molecule has 0 aliphatic carbocycles. The highest BCUT2D eigenvalue weighted by Crippen LogP contribution is 2.39. The number of fused-ring (bicyclic) bond motifs is 3. The van der Waals surface area contributed by atoms with Crippen molar-refractivity contribution in [2.75, 3.05) is 11.9 Å². The Kier molecular flexibility index (Phi) is 5.18. The highest BCUT2D eigenvalue weighted by atomic mass is 35.5. The molecule has 1 aromatic heterocycles. The van der Waals surface area contributed by atoms with E-state index in [-0.39, 0.29) is 12.1 Å². The van der Waals surface area contributed by atoms with Crippen LogP contribution in [0.3, 0.4) is 0 Å². The summed E-state index contributed by atoms with van der Waals surface area (Å²) in [5.74, 6) is 0. The van der Waals surface area contributed by atoms with E-state index in [9.17, 15) is 4.79 Å². The molecule has 1 aliphatic heterocycles. The molecule has 5 rings (SSSR count). The van der Waals surface area contributed by atoms with Crippen LogP contribution in [0.2, 0.25) is 5.02 Å². The van der Waals surface area contributed by atoms with Crippen molar-refractivity contribution >= 4 is 34.2 Å². The zero-order valence-electron chi connectivity index (χ0n) is 18.5. The maximum absolute atomic E-state index is 13.5. The fourth-order valence-corrected chi connectivity index (χ4v) is 4.82. The van der Waals surface area contributed by atoms with Crippen molar-refractivity contribution in [2.24, 2.45) is 0 Å². The molecule has 1 unspecified atom stereocenters. The lowest BCUT2D eigenvalue weighted by molar-refractivity contribution is 0.193. The third-order valence-electron chi connectivity index (χ3n) is 6.59. The van der Waals surface area contributed by atoms with Crippen LogP contribution in [0.15, 0.2) is 60.7 Å². The highest BCUT2D eigenvalue weighted by Gasteiger charge is 2.34. The first-order chi connectivity index (χ1) is 15.4. The Bertz CT molecular complexity index is 1320. The minimum Gasteiger partial charge on any atom is -0.356 e. The van der Waals surface area contributed by atoms with Gasteiger partial charge in [-0.15, -0.1) is 0 Å². The number of nitrogens with one attached hydrogen (secondary N) is 2. The summed E-state index contributed by atoms with van der Waals surface area (Å²) >= 11 is 6.30. The van der Waals surface area contributed by atoms with E-state index in [0.29, 0.717) is 6.54 Å². The Morgan fingerprint density at radius 3 is 2.62 bits per heavy atom. The number of nitrogens with zero attached hydrogens (tertiary/aromatic N) is 1. The number of rotatable bonds is 2. The molecule has 0 radical (unpaired) electrons. The Morgan fingerprint density at radius 1 is 1.06 bits per heavy atom. The van der Waals surface area contributed by atoms with Gasteiger partial charge in [-0.3, -0.25) is 0 Å². The zero-order valence-corrected chi connectivity index (χ0v) is 19.3. The predicted octanol–water partition coefficient (Wildman–Crippen LogP) is 6.93. The van der Waals surface area contributed by atoms with Crippen molar-refractivity contribution in [3.63, 3.8) is 0 Å². The first-order valence-electron chi connectivity index (χ1n) is 10.9. The third kappa shape index (κ3) is 3.55. The van der Waals surface area contributed by atoms with Crippen molar-refractivity contribution in [1.82, 2.24) is 9.88 Å². The number of aromatic nitrogens is 1. The molecule has 1 atom stereocenters. The molecule has 0 spiro atoms. The number of urea groups is 1. The second kappa shape index (κ2) is 8.03. The number of H-pyrrole nitrogens is 1. The van der Waals surface area contributed by atoms with Gasteiger partial charge in [0.2, 0.25) is 0 Å². The number of halogens is 1. The van der Waals surface area contributed by atoms with E-state index in [4.69, 9.17) is 11.6 Å². The molecule has 0 saturated heterocycles. The van der Waals surface area contributed by atoms with Crippen LogP contribution in [0, 0.1) is 20.8 Å². The standard InChI is InChI=1S/C27H26ClN3O/c1-16-7-9-19(10-8-16)26-25-21(22-15-20(28)11-12-24(22)29-25)13-14-31(26)27(32)30-23-6-4-5-17(2)18(23)3/h4-12,15,26,29H,13-14H2,1-3H3,(H,30,32). The van der Waals surface area contributed by atoms with Gasteiger partial charge in [-0.05, 0) is 73.7 Å². The van der Waals surface area contributed by atoms with Crippen molar-refractivity contribution in [1.29, 1.82) is 0 Å². The van der Waals surface area contributed by atoms with Crippen LogP contribution in [-0.4, -0.2) is 22.5 Å². The highest BCUT2D eigenvalue weighted by molar-refractivity contribution is 6.31. The minimum absolute atomic E-state index is 0.0911. The number of carbonyl (C=O) groups is 1. The van der Waals surface area contributed by atoms with E-state index in [2.05, 4.69) is 54.5 Å².